The number of pyridine rings is 1. The van der Waals surface area contributed by atoms with Crippen LogP contribution in [0.3, 0.4) is 0 Å². The molecule has 0 spiro atoms. The highest BCUT2D eigenvalue weighted by Gasteiger charge is 2.16. The highest BCUT2D eigenvalue weighted by Crippen LogP contribution is 2.22. The van der Waals surface area contributed by atoms with Crippen molar-refractivity contribution in [2.24, 2.45) is 0 Å². The van der Waals surface area contributed by atoms with E-state index in [1.165, 1.54) is 6.26 Å². The average molecular weight is 352 g/mol. The molecule has 0 bridgehead atoms. The van der Waals surface area contributed by atoms with E-state index < -0.39 is 0 Å². The number of aromatic nitrogens is 5. The van der Waals surface area contributed by atoms with Crippen LogP contribution in [0.25, 0.3) is 17.1 Å². The van der Waals surface area contributed by atoms with Gasteiger partial charge in [0.1, 0.15) is 0 Å². The molecule has 4 aromatic heterocycles. The van der Waals surface area contributed by atoms with Gasteiger partial charge in [0, 0.05) is 12.6 Å². The molecule has 0 aliphatic heterocycles. The van der Waals surface area contributed by atoms with Crippen LogP contribution in [0, 0.1) is 0 Å². The molecular weight excluding hydrogens is 336 g/mol. The number of nitrogens with zero attached hydrogens (tertiary/aromatic N) is 5. The fourth-order valence-electron chi connectivity index (χ4n) is 2.59. The summed E-state index contributed by atoms with van der Waals surface area (Å²) in [5, 5.41) is 15.1. The number of aryl methyl sites for hydroxylation is 1. The molecule has 4 heterocycles. The smallest absolute Gasteiger partial charge is 0.287 e. The molecule has 4 rings (SSSR count). The summed E-state index contributed by atoms with van der Waals surface area (Å²) in [6.07, 6.45) is 4.96. The Morgan fingerprint density at radius 2 is 2.19 bits per heavy atom. The van der Waals surface area contributed by atoms with E-state index >= 15 is 0 Å². The third-order valence-corrected chi connectivity index (χ3v) is 3.83. The normalized spacial score (nSPS) is 11.1. The van der Waals surface area contributed by atoms with Gasteiger partial charge in [-0.1, -0.05) is 12.1 Å². The summed E-state index contributed by atoms with van der Waals surface area (Å²) in [6.45, 7) is 2.26. The monoisotopic (exact) mass is 352 g/mol. The summed E-state index contributed by atoms with van der Waals surface area (Å²) in [6, 6.07) is 6.94. The van der Waals surface area contributed by atoms with Gasteiger partial charge in [0.25, 0.3) is 11.8 Å². The maximum atomic E-state index is 12.0. The number of carbonyl (C=O) groups is 1. The van der Waals surface area contributed by atoms with Crippen molar-refractivity contribution in [1.29, 1.82) is 0 Å². The van der Waals surface area contributed by atoms with Gasteiger partial charge in [-0.15, -0.1) is 10.2 Å². The standard InChI is InChI=1S/C17H16N6O3/c1-2-5-13-19-17(26-22-13)11-6-3-8-23-14(20-21-15(11)23)10-18-16(24)12-7-4-9-25-12/h3-4,6-9H,2,5,10H2,1H3,(H,18,24). The zero-order valence-electron chi connectivity index (χ0n) is 14.0. The van der Waals surface area contributed by atoms with E-state index in [9.17, 15) is 4.79 Å². The minimum absolute atomic E-state index is 0.203. The Morgan fingerprint density at radius 1 is 1.27 bits per heavy atom. The van der Waals surface area contributed by atoms with Crippen LogP contribution in [0.5, 0.6) is 0 Å². The Labute approximate surface area is 148 Å². The summed E-state index contributed by atoms with van der Waals surface area (Å²) >= 11 is 0. The second kappa shape index (κ2) is 6.79. The lowest BCUT2D eigenvalue weighted by atomic mass is 10.2. The van der Waals surface area contributed by atoms with Gasteiger partial charge in [-0.2, -0.15) is 4.98 Å². The maximum absolute atomic E-state index is 12.0. The van der Waals surface area contributed by atoms with Crippen LogP contribution in [-0.4, -0.2) is 30.6 Å². The first-order valence-corrected chi connectivity index (χ1v) is 8.23. The van der Waals surface area contributed by atoms with E-state index in [2.05, 4.69) is 32.6 Å². The van der Waals surface area contributed by atoms with Gasteiger partial charge in [0.2, 0.25) is 0 Å². The van der Waals surface area contributed by atoms with Gasteiger partial charge >= 0.3 is 0 Å². The van der Waals surface area contributed by atoms with Gasteiger partial charge in [-0.25, -0.2) is 0 Å². The predicted octanol–water partition coefficient (Wildman–Crippen LogP) is 2.25. The van der Waals surface area contributed by atoms with E-state index in [0.717, 1.165) is 12.8 Å². The summed E-state index contributed by atoms with van der Waals surface area (Å²) in [7, 11) is 0. The number of amides is 1. The fourth-order valence-corrected chi connectivity index (χ4v) is 2.59. The molecule has 0 saturated carbocycles. The van der Waals surface area contributed by atoms with Crippen molar-refractivity contribution < 1.29 is 13.7 Å². The van der Waals surface area contributed by atoms with E-state index in [0.29, 0.717) is 28.8 Å². The lowest BCUT2D eigenvalue weighted by Gasteiger charge is -2.03. The minimum Gasteiger partial charge on any atom is -0.459 e. The van der Waals surface area contributed by atoms with E-state index in [1.807, 2.05) is 18.3 Å². The van der Waals surface area contributed by atoms with Crippen LogP contribution in [0.2, 0.25) is 0 Å². The van der Waals surface area contributed by atoms with Crippen LogP contribution in [0.15, 0.2) is 45.7 Å². The van der Waals surface area contributed by atoms with Crippen LogP contribution in [0.4, 0.5) is 0 Å². The minimum atomic E-state index is -0.316. The van der Waals surface area contributed by atoms with Gasteiger partial charge in [0.05, 0.1) is 18.4 Å². The molecule has 0 aliphatic carbocycles. The van der Waals surface area contributed by atoms with E-state index in [4.69, 9.17) is 8.94 Å². The summed E-state index contributed by atoms with van der Waals surface area (Å²) in [5.74, 6) is 1.57. The summed E-state index contributed by atoms with van der Waals surface area (Å²) in [5.41, 5.74) is 1.28. The second-order valence-electron chi connectivity index (χ2n) is 5.66. The van der Waals surface area contributed by atoms with E-state index in [-0.39, 0.29) is 18.2 Å². The first-order valence-electron chi connectivity index (χ1n) is 8.23. The molecule has 0 radical (unpaired) electrons. The Hall–Kier alpha value is -3.49. The van der Waals surface area contributed by atoms with Crippen molar-refractivity contribution in [2.45, 2.75) is 26.3 Å². The topological polar surface area (TPSA) is 111 Å². The van der Waals surface area contributed by atoms with Crippen molar-refractivity contribution in [3.8, 4) is 11.5 Å². The number of fused-ring (bicyclic) bond motifs is 1. The van der Waals surface area contributed by atoms with Crippen molar-refractivity contribution in [1.82, 2.24) is 30.1 Å². The quantitative estimate of drug-likeness (QED) is 0.566. The van der Waals surface area contributed by atoms with Gasteiger partial charge in [0.15, 0.2) is 23.1 Å². The molecule has 26 heavy (non-hydrogen) atoms. The highest BCUT2D eigenvalue weighted by molar-refractivity contribution is 5.91. The predicted molar refractivity (Wildman–Crippen MR) is 90.2 cm³/mol. The zero-order valence-corrected chi connectivity index (χ0v) is 14.0. The molecule has 0 atom stereocenters. The molecule has 132 valence electrons. The van der Waals surface area contributed by atoms with Gasteiger partial charge < -0.3 is 14.3 Å². The zero-order chi connectivity index (χ0) is 17.9. The van der Waals surface area contributed by atoms with Crippen molar-refractivity contribution in [3.05, 3.63) is 54.1 Å². The van der Waals surface area contributed by atoms with Gasteiger partial charge in [-0.3, -0.25) is 9.20 Å². The van der Waals surface area contributed by atoms with Crippen molar-refractivity contribution >= 4 is 11.6 Å². The van der Waals surface area contributed by atoms with Crippen LogP contribution >= 0.6 is 0 Å². The number of hydrogen-bond acceptors (Lipinski definition) is 7. The molecule has 4 aromatic rings. The molecular formula is C17H16N6O3. The Balaban J connectivity index is 1.59. The van der Waals surface area contributed by atoms with Crippen molar-refractivity contribution in [2.75, 3.05) is 0 Å². The maximum Gasteiger partial charge on any atom is 0.287 e. The molecule has 1 N–H and O–H groups in total. The highest BCUT2D eigenvalue weighted by atomic mass is 16.5. The lowest BCUT2D eigenvalue weighted by Crippen LogP contribution is -2.23. The van der Waals surface area contributed by atoms with E-state index in [1.54, 1.807) is 16.5 Å². The number of hydrogen-bond donors (Lipinski definition) is 1. The Kier molecular flexibility index (Phi) is 4.18. The molecule has 0 unspecified atom stereocenters. The first-order chi connectivity index (χ1) is 12.8. The molecule has 0 aliphatic rings. The number of nitrogens with one attached hydrogen (secondary N) is 1. The van der Waals surface area contributed by atoms with Crippen LogP contribution in [0.1, 0.15) is 35.5 Å². The summed E-state index contributed by atoms with van der Waals surface area (Å²) < 4.78 is 12.2. The molecule has 1 amide bonds. The third-order valence-electron chi connectivity index (χ3n) is 3.83. The van der Waals surface area contributed by atoms with Crippen LogP contribution < -0.4 is 5.32 Å². The molecule has 0 aromatic carbocycles. The van der Waals surface area contributed by atoms with Gasteiger partial charge in [-0.05, 0) is 30.7 Å². The molecule has 9 heteroatoms. The number of carbonyl (C=O) groups excluding carboxylic acids is 1. The Bertz CT molecular complexity index is 1030. The average Bonchev–Trinajstić information content (AvgIpc) is 3.40. The SMILES string of the molecule is CCCc1noc(-c2cccn3c(CNC(=O)c4ccco4)nnc23)n1. The largest absolute Gasteiger partial charge is 0.459 e. The second-order valence-corrected chi connectivity index (χ2v) is 5.66. The molecule has 0 fully saturated rings. The van der Waals surface area contributed by atoms with Crippen molar-refractivity contribution in [3.63, 3.8) is 0 Å². The lowest BCUT2D eigenvalue weighted by molar-refractivity contribution is 0.0922. The van der Waals surface area contributed by atoms with Crippen LogP contribution in [-0.2, 0) is 13.0 Å². The number of furan rings is 1. The Morgan fingerprint density at radius 3 is 3.00 bits per heavy atom. The molecule has 9 nitrogen and oxygen atoms in total. The summed E-state index contributed by atoms with van der Waals surface area (Å²) in [4.78, 5) is 16.4. The fraction of sp³-hybridized carbons (Fsp3) is 0.235. The number of rotatable bonds is 6. The third kappa shape index (κ3) is 2.94. The first kappa shape index (κ1) is 16.0. The molecule has 0 saturated heterocycles.